The van der Waals surface area contributed by atoms with Crippen LogP contribution in [0.15, 0.2) is 42.5 Å². The van der Waals surface area contributed by atoms with Gasteiger partial charge in [0.15, 0.2) is 0 Å². The van der Waals surface area contributed by atoms with Gasteiger partial charge in [-0.1, -0.05) is 31.7 Å². The molecule has 0 aliphatic carbocycles. The maximum Gasteiger partial charge on any atom is 0.251 e. The zero-order valence-electron chi connectivity index (χ0n) is 18.5. The molecule has 0 radical (unpaired) electrons. The minimum absolute atomic E-state index is 0.0801. The van der Waals surface area contributed by atoms with Crippen molar-refractivity contribution in [2.45, 2.75) is 33.2 Å². The molecule has 0 aromatic heterocycles. The zero-order valence-corrected chi connectivity index (χ0v) is 19.3. The first-order valence-corrected chi connectivity index (χ1v) is 11.4. The second-order valence-corrected chi connectivity index (χ2v) is 8.95. The van der Waals surface area contributed by atoms with Gasteiger partial charge in [0.05, 0.1) is 5.04 Å². The summed E-state index contributed by atoms with van der Waals surface area (Å²) in [6.45, 7) is 5.01. The molecular weight excluding hydrogens is 424 g/mol. The van der Waals surface area contributed by atoms with Crippen LogP contribution >= 0.6 is 11.8 Å². The molecular formula is C24H28N4O3S. The van der Waals surface area contributed by atoms with Gasteiger partial charge >= 0.3 is 0 Å². The lowest BCUT2D eigenvalue weighted by Crippen LogP contribution is -2.24. The number of rotatable bonds is 7. The smallest absolute Gasteiger partial charge is 0.251 e. The van der Waals surface area contributed by atoms with Crippen LogP contribution in [0, 0.1) is 16.7 Å². The second-order valence-electron chi connectivity index (χ2n) is 7.90. The molecule has 1 aliphatic rings. The number of benzene rings is 2. The third kappa shape index (κ3) is 5.76. The minimum atomic E-state index is -0.216. The van der Waals surface area contributed by atoms with Crippen molar-refractivity contribution in [1.29, 1.82) is 10.8 Å². The Balaban J connectivity index is 1.81. The van der Waals surface area contributed by atoms with E-state index in [0.717, 1.165) is 30.3 Å². The van der Waals surface area contributed by atoms with Crippen molar-refractivity contribution in [3.8, 4) is 11.5 Å². The SMILES string of the molecule is CNC(=O)c1ccc(CN2CCCC2=O)c(Oc2ccc(C(=N)SC(=N)C(C)C)cc2)c1. The lowest BCUT2D eigenvalue weighted by Gasteiger charge is -2.19. The predicted octanol–water partition coefficient (Wildman–Crippen LogP) is 4.65. The van der Waals surface area contributed by atoms with Gasteiger partial charge in [0.2, 0.25) is 5.91 Å². The first kappa shape index (κ1) is 23.5. The Morgan fingerprint density at radius 2 is 1.84 bits per heavy atom. The van der Waals surface area contributed by atoms with Crippen molar-refractivity contribution < 1.29 is 14.3 Å². The average molecular weight is 453 g/mol. The Kier molecular flexibility index (Phi) is 7.69. The Labute approximate surface area is 192 Å². The Morgan fingerprint density at radius 1 is 1.16 bits per heavy atom. The van der Waals surface area contributed by atoms with Gasteiger partial charge in [-0.05, 0) is 42.8 Å². The van der Waals surface area contributed by atoms with Crippen LogP contribution in [0.3, 0.4) is 0 Å². The largest absolute Gasteiger partial charge is 0.457 e. The van der Waals surface area contributed by atoms with E-state index in [9.17, 15) is 9.59 Å². The molecule has 1 fully saturated rings. The topological polar surface area (TPSA) is 106 Å². The summed E-state index contributed by atoms with van der Waals surface area (Å²) in [5.74, 6) is 1.07. The summed E-state index contributed by atoms with van der Waals surface area (Å²) < 4.78 is 6.11. The molecule has 168 valence electrons. The molecule has 1 saturated heterocycles. The highest BCUT2D eigenvalue weighted by molar-refractivity contribution is 8.26. The van der Waals surface area contributed by atoms with Gasteiger partial charge in [-0.15, -0.1) is 0 Å². The van der Waals surface area contributed by atoms with Gasteiger partial charge < -0.3 is 15.0 Å². The van der Waals surface area contributed by atoms with Crippen LogP contribution in [0.2, 0.25) is 0 Å². The van der Waals surface area contributed by atoms with Crippen LogP contribution in [0.25, 0.3) is 0 Å². The molecule has 0 bridgehead atoms. The average Bonchev–Trinajstić information content (AvgIpc) is 3.19. The van der Waals surface area contributed by atoms with E-state index in [1.54, 1.807) is 48.3 Å². The van der Waals surface area contributed by atoms with E-state index in [1.807, 2.05) is 19.9 Å². The van der Waals surface area contributed by atoms with E-state index < -0.39 is 0 Å². The molecule has 32 heavy (non-hydrogen) atoms. The third-order valence-electron chi connectivity index (χ3n) is 5.17. The van der Waals surface area contributed by atoms with E-state index in [1.165, 1.54) is 0 Å². The number of thioether (sulfide) groups is 1. The fraction of sp³-hybridized carbons (Fsp3) is 0.333. The summed E-state index contributed by atoms with van der Waals surface area (Å²) in [5, 5.41) is 19.5. The number of amides is 2. The molecule has 0 atom stereocenters. The van der Waals surface area contributed by atoms with Gasteiger partial charge in [0.25, 0.3) is 5.91 Å². The molecule has 2 amide bonds. The van der Waals surface area contributed by atoms with E-state index in [2.05, 4.69) is 5.32 Å². The van der Waals surface area contributed by atoms with Crippen molar-refractivity contribution in [3.63, 3.8) is 0 Å². The summed E-state index contributed by atoms with van der Waals surface area (Å²) in [5.41, 5.74) is 2.00. The quantitative estimate of drug-likeness (QED) is 0.420. The van der Waals surface area contributed by atoms with Gasteiger partial charge in [0, 0.05) is 49.2 Å². The monoisotopic (exact) mass is 452 g/mol. The Hall–Kier alpha value is -3.13. The summed E-state index contributed by atoms with van der Waals surface area (Å²) in [6, 6.07) is 12.3. The summed E-state index contributed by atoms with van der Waals surface area (Å²) in [6.07, 6.45) is 1.41. The predicted molar refractivity (Wildman–Crippen MR) is 128 cm³/mol. The zero-order chi connectivity index (χ0) is 23.3. The number of nitrogens with zero attached hydrogens (tertiary/aromatic N) is 1. The second kappa shape index (κ2) is 10.5. The number of likely N-dealkylation sites (tertiary alicyclic amines) is 1. The maximum absolute atomic E-state index is 12.1. The van der Waals surface area contributed by atoms with E-state index >= 15 is 0 Å². The molecule has 2 aromatic carbocycles. The van der Waals surface area contributed by atoms with E-state index in [0.29, 0.717) is 45.7 Å². The van der Waals surface area contributed by atoms with Crippen LogP contribution in [0.4, 0.5) is 0 Å². The van der Waals surface area contributed by atoms with Crippen LogP contribution in [0.5, 0.6) is 11.5 Å². The molecule has 1 heterocycles. The van der Waals surface area contributed by atoms with E-state index in [4.69, 9.17) is 15.6 Å². The fourth-order valence-electron chi connectivity index (χ4n) is 3.23. The third-order valence-corrected chi connectivity index (χ3v) is 6.30. The molecule has 0 unspecified atom stereocenters. The van der Waals surface area contributed by atoms with E-state index in [-0.39, 0.29) is 17.7 Å². The van der Waals surface area contributed by atoms with Crippen LogP contribution < -0.4 is 10.1 Å². The van der Waals surface area contributed by atoms with Gasteiger partial charge in [-0.25, -0.2) is 0 Å². The minimum Gasteiger partial charge on any atom is -0.457 e. The molecule has 3 N–H and O–H groups in total. The summed E-state index contributed by atoms with van der Waals surface area (Å²) in [4.78, 5) is 26.0. The van der Waals surface area contributed by atoms with Crippen molar-refractivity contribution >= 4 is 33.7 Å². The first-order valence-electron chi connectivity index (χ1n) is 10.5. The van der Waals surface area contributed by atoms with Crippen LogP contribution in [-0.2, 0) is 11.3 Å². The molecule has 1 aliphatic heterocycles. The number of carbonyl (C=O) groups is 2. The number of carbonyl (C=O) groups excluding carboxylic acids is 2. The van der Waals surface area contributed by atoms with Crippen molar-refractivity contribution in [2.24, 2.45) is 5.92 Å². The van der Waals surface area contributed by atoms with Crippen molar-refractivity contribution in [1.82, 2.24) is 10.2 Å². The fourth-order valence-corrected chi connectivity index (χ4v) is 3.94. The summed E-state index contributed by atoms with van der Waals surface area (Å²) in [7, 11) is 1.57. The van der Waals surface area contributed by atoms with Gasteiger partial charge in [-0.3, -0.25) is 20.4 Å². The highest BCUT2D eigenvalue weighted by Gasteiger charge is 2.22. The maximum atomic E-state index is 12.1. The number of nitrogens with one attached hydrogen (secondary N) is 3. The number of hydrogen-bond donors (Lipinski definition) is 3. The highest BCUT2D eigenvalue weighted by Crippen LogP contribution is 2.30. The molecule has 0 saturated carbocycles. The summed E-state index contributed by atoms with van der Waals surface area (Å²) >= 11 is 1.14. The standard InChI is InChI=1S/C24H28N4O3S/c1-15(2)22(25)32-23(26)16-8-10-19(11-9-16)31-20-13-17(24(30)27-3)6-7-18(20)14-28-12-4-5-21(28)29/h6-11,13,15,25-26H,4-5,12,14H2,1-3H3,(H,27,30). The lowest BCUT2D eigenvalue weighted by atomic mass is 10.1. The molecule has 0 spiro atoms. The van der Waals surface area contributed by atoms with Gasteiger partial charge in [0.1, 0.15) is 16.5 Å². The molecule has 7 nitrogen and oxygen atoms in total. The Bertz CT molecular complexity index is 1030. The number of ether oxygens (including phenoxy) is 1. The lowest BCUT2D eigenvalue weighted by molar-refractivity contribution is -0.128. The highest BCUT2D eigenvalue weighted by atomic mass is 32.2. The Morgan fingerprint density at radius 3 is 2.44 bits per heavy atom. The first-order chi connectivity index (χ1) is 15.3. The normalized spacial score (nSPS) is 13.4. The van der Waals surface area contributed by atoms with Crippen molar-refractivity contribution in [2.75, 3.05) is 13.6 Å². The molecule has 8 heteroatoms. The van der Waals surface area contributed by atoms with Gasteiger partial charge in [-0.2, -0.15) is 0 Å². The molecule has 3 rings (SSSR count). The number of hydrogen-bond acceptors (Lipinski definition) is 6. The van der Waals surface area contributed by atoms with Crippen LogP contribution in [-0.4, -0.2) is 40.4 Å². The van der Waals surface area contributed by atoms with Crippen molar-refractivity contribution in [3.05, 3.63) is 59.2 Å². The molecule has 2 aromatic rings. The van der Waals surface area contributed by atoms with Crippen LogP contribution in [0.1, 0.15) is 48.2 Å².